The van der Waals surface area contributed by atoms with E-state index in [-0.39, 0.29) is 18.9 Å². The molecular formula is C19H26NO4PS. The van der Waals surface area contributed by atoms with Gasteiger partial charge in [0.25, 0.3) is 0 Å². The number of benzene rings is 1. The van der Waals surface area contributed by atoms with Gasteiger partial charge in [0.1, 0.15) is 0 Å². The molecule has 0 aliphatic carbocycles. The van der Waals surface area contributed by atoms with Gasteiger partial charge in [0.05, 0.1) is 6.61 Å². The van der Waals surface area contributed by atoms with Crippen molar-refractivity contribution in [2.45, 2.75) is 31.2 Å². The minimum absolute atomic E-state index is 0.0168. The summed E-state index contributed by atoms with van der Waals surface area (Å²) < 4.78 is 27.9. The molecule has 0 saturated heterocycles. The molecule has 0 bridgehead atoms. The second-order valence-corrected chi connectivity index (χ2v) is 10.2. The van der Waals surface area contributed by atoms with Crippen LogP contribution in [0.25, 0.3) is 6.08 Å². The minimum atomic E-state index is -3.64. The molecule has 0 aromatic heterocycles. The van der Waals surface area contributed by atoms with Crippen LogP contribution < -0.4 is 0 Å². The third-order valence-corrected chi connectivity index (χ3v) is 7.91. The number of carbonyl (C=O) groups excluding carboxylic acids is 1. The Kier molecular flexibility index (Phi) is 6.75. The normalized spacial score (nSPS) is 20.0. The molecule has 0 spiro atoms. The predicted molar refractivity (Wildman–Crippen MR) is 109 cm³/mol. The number of rotatable bonds is 7. The fourth-order valence-corrected chi connectivity index (χ4v) is 4.35. The van der Waals surface area contributed by atoms with Gasteiger partial charge in [-0.15, -0.1) is 9.24 Å². The van der Waals surface area contributed by atoms with Gasteiger partial charge in [-0.1, -0.05) is 36.4 Å². The van der Waals surface area contributed by atoms with Crippen molar-refractivity contribution >= 4 is 36.8 Å². The topological polar surface area (TPSA) is 72.8 Å². The average Bonchev–Trinajstić information content (AvgIpc) is 3.03. The summed E-state index contributed by atoms with van der Waals surface area (Å²) in [6.07, 6.45) is 5.91. The highest BCUT2D eigenvalue weighted by atomic mass is 32.2. The van der Waals surface area contributed by atoms with Gasteiger partial charge < -0.3 is 4.74 Å². The second kappa shape index (κ2) is 8.45. The maximum atomic E-state index is 12.3. The molecule has 1 heterocycles. The molecule has 1 unspecified atom stereocenters. The summed E-state index contributed by atoms with van der Waals surface area (Å²) in [6.45, 7) is 4.30. The van der Waals surface area contributed by atoms with Crippen molar-refractivity contribution in [2.75, 3.05) is 19.4 Å². The molecule has 0 radical (unpaired) electrons. The maximum Gasteiger partial charge on any atom is 0.331 e. The molecule has 1 aliphatic rings. The molecule has 7 heteroatoms. The lowest BCUT2D eigenvalue weighted by molar-refractivity contribution is -0.144. The number of nitrogens with zero attached hydrogens (tertiary/aromatic N) is 1. The van der Waals surface area contributed by atoms with E-state index in [1.54, 1.807) is 6.92 Å². The number of sulfone groups is 1. The van der Waals surface area contributed by atoms with Gasteiger partial charge in [-0.05, 0) is 43.7 Å². The lowest BCUT2D eigenvalue weighted by Crippen LogP contribution is -2.43. The Labute approximate surface area is 158 Å². The van der Waals surface area contributed by atoms with Crippen LogP contribution in [0.4, 0.5) is 0 Å². The minimum Gasteiger partial charge on any atom is -0.465 e. The highest BCUT2D eigenvalue weighted by Crippen LogP contribution is 2.37. The summed E-state index contributed by atoms with van der Waals surface area (Å²) in [5.74, 6) is -0.728. The number of carbonyl (C=O) groups is 1. The largest absolute Gasteiger partial charge is 0.465 e. The highest BCUT2D eigenvalue weighted by molar-refractivity contribution is 7.97. The molecule has 1 aromatic carbocycles. The lowest BCUT2D eigenvalue weighted by Gasteiger charge is -2.27. The zero-order chi connectivity index (χ0) is 19.4. The first-order chi connectivity index (χ1) is 12.2. The predicted octanol–water partition coefficient (Wildman–Crippen LogP) is 3.10. The molecule has 0 N–H and O–H groups in total. The Bertz CT molecular complexity index is 814. The number of aliphatic imine (C=N–C) groups is 1. The van der Waals surface area contributed by atoms with Crippen molar-refractivity contribution in [3.63, 3.8) is 0 Å². The van der Waals surface area contributed by atoms with Crippen molar-refractivity contribution in [1.82, 2.24) is 0 Å². The molecule has 0 amide bonds. The van der Waals surface area contributed by atoms with Gasteiger partial charge in [0.2, 0.25) is 0 Å². The van der Waals surface area contributed by atoms with Crippen molar-refractivity contribution in [2.24, 2.45) is 10.9 Å². The number of esters is 1. The molecule has 142 valence electrons. The Morgan fingerprint density at radius 2 is 2.04 bits per heavy atom. The summed E-state index contributed by atoms with van der Waals surface area (Å²) in [7, 11) is -1.42. The molecule has 26 heavy (non-hydrogen) atoms. The zero-order valence-electron chi connectivity index (χ0n) is 15.4. The fourth-order valence-electron chi connectivity index (χ4n) is 3.03. The van der Waals surface area contributed by atoms with E-state index in [9.17, 15) is 13.2 Å². The zero-order valence-corrected chi connectivity index (χ0v) is 17.4. The highest BCUT2D eigenvalue weighted by Gasteiger charge is 2.47. The van der Waals surface area contributed by atoms with Crippen LogP contribution in [-0.2, 0) is 19.4 Å². The quantitative estimate of drug-likeness (QED) is 0.525. The van der Waals surface area contributed by atoms with Gasteiger partial charge in [-0.3, -0.25) is 4.99 Å². The molecular weight excluding hydrogens is 369 g/mol. The lowest BCUT2D eigenvalue weighted by atomic mass is 9.96. The molecule has 2 rings (SSSR count). The summed E-state index contributed by atoms with van der Waals surface area (Å²) in [5.41, 5.74) is 3.10. The molecule has 3 atom stereocenters. The van der Waals surface area contributed by atoms with Crippen LogP contribution >= 0.6 is 9.24 Å². The maximum absolute atomic E-state index is 12.3. The molecule has 0 saturated carbocycles. The van der Waals surface area contributed by atoms with E-state index in [4.69, 9.17) is 4.74 Å². The van der Waals surface area contributed by atoms with Crippen molar-refractivity contribution in [3.05, 3.63) is 41.5 Å². The molecule has 1 aliphatic heterocycles. The van der Waals surface area contributed by atoms with Crippen LogP contribution in [-0.4, -0.2) is 44.0 Å². The van der Waals surface area contributed by atoms with Crippen molar-refractivity contribution < 1.29 is 17.9 Å². The monoisotopic (exact) mass is 395 g/mol. The number of hydrogen-bond acceptors (Lipinski definition) is 5. The van der Waals surface area contributed by atoms with Gasteiger partial charge in [0, 0.05) is 18.5 Å². The molecule has 1 aromatic rings. The second-order valence-electron chi connectivity index (χ2n) is 6.57. The van der Waals surface area contributed by atoms with E-state index in [2.05, 4.69) is 14.2 Å². The van der Waals surface area contributed by atoms with Gasteiger partial charge in [0.15, 0.2) is 14.3 Å². The SMILES string of the molecule is C/C=C/c1ccc(C2=NC[C@@H](C[C@](P)(C(=O)OCC)S(C)(=O)=O)C2)cc1. The van der Waals surface area contributed by atoms with E-state index < -0.39 is 20.3 Å². The molecule has 5 nitrogen and oxygen atoms in total. The standard InChI is InChI=1S/C19H26NO4PS/c1-4-6-14-7-9-16(10-8-14)17-11-15(13-20-17)12-19(25,26(3,22)23)18(21)24-5-2/h4,6-10,15H,5,11-13,25H2,1-3H3/b6-4+/t15-,19-/m1/s1. The number of hydrogen-bond donors (Lipinski definition) is 0. The van der Waals surface area contributed by atoms with Gasteiger partial charge in [-0.25, -0.2) is 13.2 Å². The Morgan fingerprint density at radius 1 is 1.38 bits per heavy atom. The summed E-state index contributed by atoms with van der Waals surface area (Å²) >= 11 is 0. The van der Waals surface area contributed by atoms with Crippen LogP contribution in [0.3, 0.4) is 0 Å². The molecule has 0 fully saturated rings. The number of ether oxygens (including phenoxy) is 1. The van der Waals surface area contributed by atoms with Crippen molar-refractivity contribution in [3.8, 4) is 0 Å². The number of allylic oxidation sites excluding steroid dienone is 1. The van der Waals surface area contributed by atoms with Gasteiger partial charge in [-0.2, -0.15) is 0 Å². The van der Waals surface area contributed by atoms with E-state index in [1.165, 1.54) is 0 Å². The summed E-state index contributed by atoms with van der Waals surface area (Å²) in [4.78, 5) is 16.9. The van der Waals surface area contributed by atoms with Crippen LogP contribution in [0.15, 0.2) is 35.3 Å². The summed E-state index contributed by atoms with van der Waals surface area (Å²) in [6, 6.07) is 8.10. The first-order valence-electron chi connectivity index (χ1n) is 8.63. The summed E-state index contributed by atoms with van der Waals surface area (Å²) in [5, 5.41) is 0. The van der Waals surface area contributed by atoms with Gasteiger partial charge >= 0.3 is 5.97 Å². The fraction of sp³-hybridized carbons (Fsp3) is 0.474. The van der Waals surface area contributed by atoms with Crippen LogP contribution in [0.2, 0.25) is 0 Å². The Hall–Kier alpha value is -1.52. The van der Waals surface area contributed by atoms with E-state index >= 15 is 0 Å². The van der Waals surface area contributed by atoms with E-state index in [0.29, 0.717) is 13.0 Å². The van der Waals surface area contributed by atoms with Crippen LogP contribution in [0, 0.1) is 5.92 Å². The van der Waals surface area contributed by atoms with E-state index in [0.717, 1.165) is 23.1 Å². The van der Waals surface area contributed by atoms with Crippen LogP contribution in [0.5, 0.6) is 0 Å². The first-order valence-corrected chi connectivity index (χ1v) is 11.1. The van der Waals surface area contributed by atoms with Crippen LogP contribution in [0.1, 0.15) is 37.8 Å². The van der Waals surface area contributed by atoms with E-state index in [1.807, 2.05) is 43.3 Å². The third-order valence-electron chi connectivity index (χ3n) is 4.50. The smallest absolute Gasteiger partial charge is 0.331 e. The Morgan fingerprint density at radius 3 is 2.58 bits per heavy atom. The van der Waals surface area contributed by atoms with Crippen molar-refractivity contribution in [1.29, 1.82) is 0 Å². The average molecular weight is 395 g/mol. The third kappa shape index (κ3) is 4.60. The Balaban J connectivity index is 2.12. The first kappa shape index (κ1) is 20.8.